The van der Waals surface area contributed by atoms with Gasteiger partial charge in [0.1, 0.15) is 0 Å². The standard InChI is InChI=1S/C16H8O6/c17-13-9-5-4-7(6-11(9)15(19)21-13)8-2-1-3-10-12(8)16(20)22-14(10)18/h1-6,9,11H. The van der Waals surface area contributed by atoms with Gasteiger partial charge in [-0.1, -0.05) is 30.4 Å². The van der Waals surface area contributed by atoms with E-state index in [1.807, 2.05) is 0 Å². The van der Waals surface area contributed by atoms with E-state index in [-0.39, 0.29) is 11.1 Å². The Balaban J connectivity index is 1.84. The number of carbonyl (C=O) groups excluding carboxylic acids is 4. The van der Waals surface area contributed by atoms with Crippen molar-refractivity contribution in [2.45, 2.75) is 0 Å². The largest absolute Gasteiger partial charge is 0.392 e. The van der Waals surface area contributed by atoms with Crippen LogP contribution in [0.4, 0.5) is 0 Å². The molecule has 3 aliphatic rings. The molecule has 1 fully saturated rings. The first kappa shape index (κ1) is 12.7. The van der Waals surface area contributed by atoms with Gasteiger partial charge in [0.2, 0.25) is 0 Å². The van der Waals surface area contributed by atoms with Gasteiger partial charge in [-0.25, -0.2) is 9.59 Å². The summed E-state index contributed by atoms with van der Waals surface area (Å²) in [5.41, 5.74) is 1.45. The first-order chi connectivity index (χ1) is 10.6. The van der Waals surface area contributed by atoms with Crippen LogP contribution in [0.15, 0.2) is 36.4 Å². The van der Waals surface area contributed by atoms with Crippen molar-refractivity contribution in [2.75, 3.05) is 0 Å². The average molecular weight is 296 g/mol. The maximum Gasteiger partial charge on any atom is 0.347 e. The van der Waals surface area contributed by atoms with Crippen molar-refractivity contribution >= 4 is 29.5 Å². The van der Waals surface area contributed by atoms with Gasteiger partial charge in [0, 0.05) is 0 Å². The highest BCUT2D eigenvalue weighted by Crippen LogP contribution is 2.37. The predicted octanol–water partition coefficient (Wildman–Crippen LogP) is 1.27. The van der Waals surface area contributed by atoms with Gasteiger partial charge < -0.3 is 9.47 Å². The monoisotopic (exact) mass is 296 g/mol. The van der Waals surface area contributed by atoms with E-state index < -0.39 is 35.7 Å². The summed E-state index contributed by atoms with van der Waals surface area (Å²) in [6.45, 7) is 0. The Kier molecular flexibility index (Phi) is 2.45. The molecule has 1 saturated heterocycles. The summed E-state index contributed by atoms with van der Waals surface area (Å²) < 4.78 is 9.22. The van der Waals surface area contributed by atoms with E-state index in [0.717, 1.165) is 0 Å². The minimum Gasteiger partial charge on any atom is -0.392 e. The van der Waals surface area contributed by atoms with Crippen molar-refractivity contribution in [2.24, 2.45) is 11.8 Å². The molecule has 0 radical (unpaired) electrons. The molecule has 22 heavy (non-hydrogen) atoms. The van der Waals surface area contributed by atoms with Crippen LogP contribution in [0.3, 0.4) is 0 Å². The molecule has 6 heteroatoms. The summed E-state index contributed by atoms with van der Waals surface area (Å²) in [5, 5.41) is 0. The number of allylic oxidation sites excluding steroid dienone is 2. The van der Waals surface area contributed by atoms with Gasteiger partial charge in [-0.2, -0.15) is 0 Å². The van der Waals surface area contributed by atoms with Crippen LogP contribution in [0.5, 0.6) is 0 Å². The third kappa shape index (κ3) is 1.60. The second-order valence-corrected chi connectivity index (χ2v) is 5.18. The van der Waals surface area contributed by atoms with E-state index in [1.54, 1.807) is 30.4 Å². The SMILES string of the molecule is O=C1OC(=O)c2c1cccc2C1=CC2C(=O)OC(=O)C2C=C1. The topological polar surface area (TPSA) is 86.7 Å². The highest BCUT2D eigenvalue weighted by atomic mass is 16.6. The van der Waals surface area contributed by atoms with E-state index in [2.05, 4.69) is 9.47 Å². The number of hydrogen-bond acceptors (Lipinski definition) is 6. The van der Waals surface area contributed by atoms with E-state index in [1.165, 1.54) is 6.07 Å². The fourth-order valence-corrected chi connectivity index (χ4v) is 2.91. The minimum atomic E-state index is -0.711. The van der Waals surface area contributed by atoms with Crippen LogP contribution < -0.4 is 0 Å². The molecule has 1 aromatic rings. The number of ether oxygens (including phenoxy) is 2. The van der Waals surface area contributed by atoms with Crippen LogP contribution in [0.2, 0.25) is 0 Å². The molecule has 2 heterocycles. The summed E-state index contributed by atoms with van der Waals surface area (Å²) in [6, 6.07) is 4.81. The van der Waals surface area contributed by atoms with Crippen molar-refractivity contribution in [1.82, 2.24) is 0 Å². The zero-order valence-electron chi connectivity index (χ0n) is 11.1. The minimum absolute atomic E-state index is 0.180. The molecular formula is C16H8O6. The Bertz CT molecular complexity index is 829. The third-order valence-corrected chi connectivity index (χ3v) is 3.96. The van der Waals surface area contributed by atoms with Gasteiger partial charge in [0.25, 0.3) is 0 Å². The summed E-state index contributed by atoms with van der Waals surface area (Å²) in [4.78, 5) is 46.6. The number of carbonyl (C=O) groups is 4. The Labute approximate surface area is 124 Å². The predicted molar refractivity (Wildman–Crippen MR) is 71.4 cm³/mol. The van der Waals surface area contributed by atoms with Crippen LogP contribution in [-0.2, 0) is 19.1 Å². The maximum atomic E-state index is 11.8. The molecular weight excluding hydrogens is 288 g/mol. The lowest BCUT2D eigenvalue weighted by atomic mass is 9.84. The van der Waals surface area contributed by atoms with Crippen LogP contribution >= 0.6 is 0 Å². The molecule has 0 amide bonds. The van der Waals surface area contributed by atoms with Crippen LogP contribution in [-0.4, -0.2) is 23.9 Å². The number of esters is 4. The number of fused-ring (bicyclic) bond motifs is 2. The smallest absolute Gasteiger partial charge is 0.347 e. The molecule has 2 aliphatic heterocycles. The molecule has 4 rings (SSSR count). The Morgan fingerprint density at radius 2 is 1.55 bits per heavy atom. The normalized spacial score (nSPS) is 25.5. The molecule has 2 atom stereocenters. The molecule has 0 saturated carbocycles. The lowest BCUT2D eigenvalue weighted by molar-refractivity contribution is -0.153. The lowest BCUT2D eigenvalue weighted by Crippen LogP contribution is -2.16. The van der Waals surface area contributed by atoms with Gasteiger partial charge in [-0.3, -0.25) is 9.59 Å². The molecule has 6 nitrogen and oxygen atoms in total. The Hall–Kier alpha value is -3.02. The van der Waals surface area contributed by atoms with Crippen molar-refractivity contribution in [1.29, 1.82) is 0 Å². The molecule has 0 spiro atoms. The van der Waals surface area contributed by atoms with Crippen molar-refractivity contribution < 1.29 is 28.7 Å². The summed E-state index contributed by atoms with van der Waals surface area (Å²) in [7, 11) is 0. The molecule has 0 bridgehead atoms. The van der Waals surface area contributed by atoms with E-state index in [9.17, 15) is 19.2 Å². The zero-order chi connectivity index (χ0) is 15.4. The van der Waals surface area contributed by atoms with E-state index in [0.29, 0.717) is 11.1 Å². The molecule has 0 N–H and O–H groups in total. The number of cyclic esters (lactones) is 4. The third-order valence-electron chi connectivity index (χ3n) is 3.96. The van der Waals surface area contributed by atoms with Crippen molar-refractivity contribution in [3.63, 3.8) is 0 Å². The lowest BCUT2D eigenvalue weighted by Gasteiger charge is -2.15. The van der Waals surface area contributed by atoms with Gasteiger partial charge in [-0.05, 0) is 17.2 Å². The second-order valence-electron chi connectivity index (χ2n) is 5.18. The number of benzene rings is 1. The van der Waals surface area contributed by atoms with Crippen LogP contribution in [0, 0.1) is 11.8 Å². The fraction of sp³-hybridized carbons (Fsp3) is 0.125. The zero-order valence-corrected chi connectivity index (χ0v) is 11.1. The summed E-state index contributed by atoms with van der Waals surface area (Å²) in [5.74, 6) is -3.90. The van der Waals surface area contributed by atoms with Gasteiger partial charge in [-0.15, -0.1) is 0 Å². The highest BCUT2D eigenvalue weighted by molar-refractivity contribution is 6.17. The van der Waals surface area contributed by atoms with Gasteiger partial charge in [0.05, 0.1) is 23.0 Å². The molecule has 2 unspecified atom stereocenters. The fourth-order valence-electron chi connectivity index (χ4n) is 2.91. The molecule has 108 valence electrons. The molecule has 1 aromatic carbocycles. The van der Waals surface area contributed by atoms with Crippen molar-refractivity contribution in [3.05, 3.63) is 53.1 Å². The summed E-state index contributed by atoms with van der Waals surface area (Å²) >= 11 is 0. The summed E-state index contributed by atoms with van der Waals surface area (Å²) in [6.07, 6.45) is 4.81. The van der Waals surface area contributed by atoms with E-state index >= 15 is 0 Å². The highest BCUT2D eigenvalue weighted by Gasteiger charge is 2.43. The van der Waals surface area contributed by atoms with Crippen molar-refractivity contribution in [3.8, 4) is 0 Å². The molecule has 0 aromatic heterocycles. The average Bonchev–Trinajstić information content (AvgIpc) is 2.96. The van der Waals surface area contributed by atoms with Crippen LogP contribution in [0.25, 0.3) is 5.57 Å². The first-order valence-corrected chi connectivity index (χ1v) is 6.62. The van der Waals surface area contributed by atoms with E-state index in [4.69, 9.17) is 0 Å². The van der Waals surface area contributed by atoms with Crippen LogP contribution in [0.1, 0.15) is 26.3 Å². The Morgan fingerprint density at radius 1 is 0.818 bits per heavy atom. The number of hydrogen-bond donors (Lipinski definition) is 0. The Morgan fingerprint density at radius 3 is 2.36 bits per heavy atom. The molecule has 1 aliphatic carbocycles. The first-order valence-electron chi connectivity index (χ1n) is 6.62. The van der Waals surface area contributed by atoms with Gasteiger partial charge >= 0.3 is 23.9 Å². The quantitative estimate of drug-likeness (QED) is 0.573. The second kappa shape index (κ2) is 4.24. The van der Waals surface area contributed by atoms with Gasteiger partial charge in [0.15, 0.2) is 0 Å². The number of rotatable bonds is 1. The maximum absolute atomic E-state index is 11.8.